The number of benzene rings is 1. The fraction of sp³-hybridized carbons (Fsp3) is 0.267. The molecule has 0 spiro atoms. The van der Waals surface area contributed by atoms with Gasteiger partial charge in [0.1, 0.15) is 24.0 Å². The fourth-order valence-electron chi connectivity index (χ4n) is 1.71. The summed E-state index contributed by atoms with van der Waals surface area (Å²) in [4.78, 5) is 4.28. The maximum Gasteiger partial charge on any atom is 0.138 e. The third kappa shape index (κ3) is 3.84. The van der Waals surface area contributed by atoms with Gasteiger partial charge in [-0.25, -0.2) is 9.37 Å². The predicted molar refractivity (Wildman–Crippen MR) is 78.8 cm³/mol. The molecule has 106 valence electrons. The summed E-state index contributed by atoms with van der Waals surface area (Å²) in [5.41, 5.74) is 0.932. The van der Waals surface area contributed by atoms with Crippen molar-refractivity contribution in [3.63, 3.8) is 0 Å². The van der Waals surface area contributed by atoms with Crippen LogP contribution in [-0.4, -0.2) is 11.5 Å². The van der Waals surface area contributed by atoms with E-state index in [4.69, 9.17) is 16.3 Å². The van der Waals surface area contributed by atoms with Gasteiger partial charge in [0.15, 0.2) is 0 Å². The van der Waals surface area contributed by atoms with Gasteiger partial charge >= 0.3 is 0 Å². The van der Waals surface area contributed by atoms with Crippen LogP contribution in [0, 0.1) is 5.82 Å². The lowest BCUT2D eigenvalue weighted by molar-refractivity contribution is 0.306. The zero-order valence-electron chi connectivity index (χ0n) is 11.2. The molecular formula is C15H16ClFN2O. The van der Waals surface area contributed by atoms with Gasteiger partial charge in [0.2, 0.25) is 0 Å². The number of hydrogen-bond donors (Lipinski definition) is 1. The van der Waals surface area contributed by atoms with E-state index in [9.17, 15) is 4.39 Å². The Labute approximate surface area is 122 Å². The van der Waals surface area contributed by atoms with Crippen LogP contribution in [-0.2, 0) is 6.61 Å². The van der Waals surface area contributed by atoms with Crippen LogP contribution in [0.1, 0.15) is 18.9 Å². The van der Waals surface area contributed by atoms with Crippen molar-refractivity contribution in [3.8, 4) is 5.75 Å². The van der Waals surface area contributed by atoms with Gasteiger partial charge in [0.25, 0.3) is 0 Å². The van der Waals surface area contributed by atoms with Crippen LogP contribution < -0.4 is 10.1 Å². The van der Waals surface area contributed by atoms with E-state index in [1.165, 1.54) is 18.2 Å². The lowest BCUT2D eigenvalue weighted by Crippen LogP contribution is -2.07. The van der Waals surface area contributed by atoms with Crippen molar-refractivity contribution < 1.29 is 9.13 Å². The number of nitrogens with zero attached hydrogens (tertiary/aromatic N) is 1. The molecule has 0 aliphatic rings. The van der Waals surface area contributed by atoms with Crippen molar-refractivity contribution in [2.75, 3.05) is 11.9 Å². The Bertz CT molecular complexity index is 578. The summed E-state index contributed by atoms with van der Waals surface area (Å²) in [6.45, 7) is 3.26. The minimum atomic E-state index is -0.381. The minimum absolute atomic E-state index is 0.261. The molecule has 1 heterocycles. The molecule has 0 saturated heterocycles. The summed E-state index contributed by atoms with van der Waals surface area (Å²) in [5, 5.41) is 3.50. The van der Waals surface area contributed by atoms with Crippen molar-refractivity contribution in [3.05, 3.63) is 52.9 Å². The van der Waals surface area contributed by atoms with Gasteiger partial charge in [0, 0.05) is 18.3 Å². The number of rotatable bonds is 6. The lowest BCUT2D eigenvalue weighted by Gasteiger charge is -2.12. The van der Waals surface area contributed by atoms with E-state index in [0.717, 1.165) is 24.3 Å². The first-order valence-electron chi connectivity index (χ1n) is 6.46. The highest BCUT2D eigenvalue weighted by molar-refractivity contribution is 6.32. The summed E-state index contributed by atoms with van der Waals surface area (Å²) in [5.74, 6) is 0.875. The van der Waals surface area contributed by atoms with E-state index >= 15 is 0 Å². The number of pyridine rings is 1. The molecule has 0 atom stereocenters. The average molecular weight is 295 g/mol. The summed E-state index contributed by atoms with van der Waals surface area (Å²) in [6, 6.07) is 7.86. The molecule has 0 saturated carbocycles. The van der Waals surface area contributed by atoms with Gasteiger partial charge in [0.05, 0.1) is 5.02 Å². The molecule has 1 aromatic carbocycles. The van der Waals surface area contributed by atoms with E-state index in [-0.39, 0.29) is 10.8 Å². The number of aromatic nitrogens is 1. The Morgan fingerprint density at radius 2 is 2.20 bits per heavy atom. The molecule has 1 aromatic heterocycles. The van der Waals surface area contributed by atoms with Gasteiger partial charge in [-0.15, -0.1) is 0 Å². The molecule has 20 heavy (non-hydrogen) atoms. The first kappa shape index (κ1) is 14.6. The highest BCUT2D eigenvalue weighted by atomic mass is 35.5. The number of hydrogen-bond acceptors (Lipinski definition) is 3. The Morgan fingerprint density at radius 1 is 1.35 bits per heavy atom. The first-order valence-corrected chi connectivity index (χ1v) is 6.84. The molecule has 0 aliphatic carbocycles. The first-order chi connectivity index (χ1) is 9.70. The summed E-state index contributed by atoms with van der Waals surface area (Å²) in [6.07, 6.45) is 2.74. The quantitative estimate of drug-likeness (QED) is 0.863. The van der Waals surface area contributed by atoms with Crippen LogP contribution in [0.3, 0.4) is 0 Å². The van der Waals surface area contributed by atoms with Crippen molar-refractivity contribution in [1.29, 1.82) is 0 Å². The maximum absolute atomic E-state index is 13.0. The van der Waals surface area contributed by atoms with Crippen LogP contribution in [0.15, 0.2) is 36.5 Å². The third-order valence-electron chi connectivity index (χ3n) is 2.71. The number of nitrogens with one attached hydrogen (secondary N) is 1. The minimum Gasteiger partial charge on any atom is -0.487 e. The molecule has 2 aromatic rings. The Kier molecular flexibility index (Phi) is 5.18. The molecule has 0 fully saturated rings. The van der Waals surface area contributed by atoms with Gasteiger partial charge < -0.3 is 10.1 Å². The molecule has 0 amide bonds. The fourth-order valence-corrected chi connectivity index (χ4v) is 1.93. The van der Waals surface area contributed by atoms with E-state index in [0.29, 0.717) is 12.4 Å². The number of anilines is 1. The number of ether oxygens (including phenoxy) is 1. The summed E-state index contributed by atoms with van der Waals surface area (Å²) in [7, 11) is 0. The van der Waals surface area contributed by atoms with Gasteiger partial charge in [-0.05, 0) is 30.7 Å². The molecule has 1 N–H and O–H groups in total. The third-order valence-corrected chi connectivity index (χ3v) is 3.01. The van der Waals surface area contributed by atoms with E-state index < -0.39 is 0 Å². The van der Waals surface area contributed by atoms with Crippen molar-refractivity contribution in [1.82, 2.24) is 4.98 Å². The van der Waals surface area contributed by atoms with Crippen LogP contribution >= 0.6 is 11.6 Å². The SMILES string of the molecule is CCCNc1ncccc1COc1ccc(F)cc1Cl. The molecule has 2 rings (SSSR count). The Balaban J connectivity index is 2.06. The van der Waals surface area contributed by atoms with Crippen molar-refractivity contribution >= 4 is 17.4 Å². The molecule has 3 nitrogen and oxygen atoms in total. The van der Waals surface area contributed by atoms with Crippen molar-refractivity contribution in [2.45, 2.75) is 20.0 Å². The zero-order valence-corrected chi connectivity index (χ0v) is 12.0. The maximum atomic E-state index is 13.0. The molecule has 0 radical (unpaired) electrons. The largest absolute Gasteiger partial charge is 0.487 e. The normalized spacial score (nSPS) is 10.3. The van der Waals surface area contributed by atoms with Gasteiger partial charge in [-0.2, -0.15) is 0 Å². The topological polar surface area (TPSA) is 34.2 Å². The van der Waals surface area contributed by atoms with Crippen molar-refractivity contribution in [2.24, 2.45) is 0 Å². The Morgan fingerprint density at radius 3 is 2.95 bits per heavy atom. The lowest BCUT2D eigenvalue weighted by atomic mass is 10.2. The van der Waals surface area contributed by atoms with E-state index in [2.05, 4.69) is 17.2 Å². The smallest absolute Gasteiger partial charge is 0.138 e. The highest BCUT2D eigenvalue weighted by Crippen LogP contribution is 2.26. The average Bonchev–Trinajstić information content (AvgIpc) is 2.45. The monoisotopic (exact) mass is 294 g/mol. The van der Waals surface area contributed by atoms with Gasteiger partial charge in [-0.1, -0.05) is 24.6 Å². The zero-order chi connectivity index (χ0) is 14.4. The van der Waals surface area contributed by atoms with E-state index in [1.54, 1.807) is 6.20 Å². The van der Waals surface area contributed by atoms with Gasteiger partial charge in [-0.3, -0.25) is 0 Å². The van der Waals surface area contributed by atoms with Crippen LogP contribution in [0.2, 0.25) is 5.02 Å². The second-order valence-electron chi connectivity index (χ2n) is 4.30. The van der Waals surface area contributed by atoms with Crippen LogP contribution in [0.4, 0.5) is 10.2 Å². The second kappa shape index (κ2) is 7.10. The molecular weight excluding hydrogens is 279 g/mol. The summed E-state index contributed by atoms with van der Waals surface area (Å²) >= 11 is 5.92. The molecule has 0 unspecified atom stereocenters. The highest BCUT2D eigenvalue weighted by Gasteiger charge is 2.06. The Hall–Kier alpha value is -1.81. The summed E-state index contributed by atoms with van der Waals surface area (Å²) < 4.78 is 18.6. The molecule has 0 bridgehead atoms. The van der Waals surface area contributed by atoms with E-state index in [1.807, 2.05) is 12.1 Å². The predicted octanol–water partition coefficient (Wildman–Crippen LogP) is 4.28. The number of halogens is 2. The molecule has 0 aliphatic heterocycles. The van der Waals surface area contributed by atoms with Crippen LogP contribution in [0.5, 0.6) is 5.75 Å². The molecule has 5 heteroatoms. The second-order valence-corrected chi connectivity index (χ2v) is 4.71. The van der Waals surface area contributed by atoms with Crippen LogP contribution in [0.25, 0.3) is 0 Å². The standard InChI is InChI=1S/C15H16ClFN2O/c1-2-7-18-15-11(4-3-8-19-15)10-20-14-6-5-12(17)9-13(14)16/h3-6,8-9H,2,7,10H2,1H3,(H,18,19).